The summed E-state index contributed by atoms with van der Waals surface area (Å²) in [6.07, 6.45) is 1.35. The number of nitrogens with one attached hydrogen (secondary N) is 2. The summed E-state index contributed by atoms with van der Waals surface area (Å²) in [5, 5.41) is 6.15. The van der Waals surface area contributed by atoms with E-state index in [2.05, 4.69) is 49.4 Å². The summed E-state index contributed by atoms with van der Waals surface area (Å²) in [5.41, 5.74) is 0.715. The van der Waals surface area contributed by atoms with Crippen LogP contribution in [-0.2, 0) is 11.3 Å². The van der Waals surface area contributed by atoms with E-state index >= 15 is 0 Å². The van der Waals surface area contributed by atoms with Gasteiger partial charge in [-0.25, -0.2) is 0 Å². The Bertz CT molecular complexity index is 843. The van der Waals surface area contributed by atoms with Crippen LogP contribution >= 0.6 is 0 Å². The van der Waals surface area contributed by atoms with E-state index in [1.54, 1.807) is 13.1 Å². The fourth-order valence-electron chi connectivity index (χ4n) is 2.61. The van der Waals surface area contributed by atoms with E-state index in [9.17, 15) is 31.1 Å². The van der Waals surface area contributed by atoms with Gasteiger partial charge in [0.2, 0.25) is 5.91 Å². The van der Waals surface area contributed by atoms with Crippen molar-refractivity contribution in [3.8, 4) is 12.3 Å². The number of nitrogens with zero attached hydrogens (tertiary/aromatic N) is 1. The minimum Gasteiger partial charge on any atom is -0.356 e. The molecule has 0 aliphatic carbocycles. The molecule has 0 saturated carbocycles. The summed E-state index contributed by atoms with van der Waals surface area (Å²) in [6, 6.07) is 5.96. The summed E-state index contributed by atoms with van der Waals surface area (Å²) in [4.78, 5) is 16.1. The van der Waals surface area contributed by atoms with Crippen molar-refractivity contribution in [2.24, 2.45) is 0 Å². The smallest absolute Gasteiger partial charge is 0.356 e. The van der Waals surface area contributed by atoms with E-state index in [1.165, 1.54) is 12.5 Å². The highest BCUT2D eigenvalue weighted by Gasteiger charge is 2.30. The van der Waals surface area contributed by atoms with Gasteiger partial charge in [0.1, 0.15) is 0 Å². The Morgan fingerprint density at radius 2 is 1.79 bits per heavy atom. The molecular formula is C28H41F6N3O. The molecule has 4 nitrogen and oxygen atoms in total. The molecule has 1 amide bonds. The Morgan fingerprint density at radius 1 is 1.16 bits per heavy atom. The average molecular weight is 550 g/mol. The van der Waals surface area contributed by atoms with Crippen molar-refractivity contribution in [2.45, 2.75) is 97.6 Å². The molecule has 0 saturated heterocycles. The molecule has 0 aromatic carbocycles. The highest BCUT2D eigenvalue weighted by Crippen LogP contribution is 2.25. The maximum atomic E-state index is 12.1. The number of pyridine rings is 1. The standard InChI is InChI=1S/C19H28F3N3O.C6H5F3.C3H8/c1-3-16(25-14-17-6-4-5-12-23-17)7-8-18(26)24-13-10-15(2)9-11-19(20,21)22;1-3-4-5(2)6(7,8)9;1-3-2/h4-6,9,12,16,25H,3,7-8,10-11,13-14H2,1-2H3,(H,24,26);1H,2,4H2;3H2,1-2H3/b15-9+;;. The lowest BCUT2D eigenvalue weighted by molar-refractivity contribution is -0.125. The molecule has 0 fully saturated rings. The Kier molecular flexibility index (Phi) is 20.8. The molecule has 1 heterocycles. The zero-order valence-corrected chi connectivity index (χ0v) is 22.7. The van der Waals surface area contributed by atoms with Gasteiger partial charge in [0, 0.05) is 43.7 Å². The molecule has 10 heteroatoms. The highest BCUT2D eigenvalue weighted by molar-refractivity contribution is 5.75. The maximum absolute atomic E-state index is 12.1. The van der Waals surface area contributed by atoms with Crippen LogP contribution in [-0.4, -0.2) is 35.8 Å². The van der Waals surface area contributed by atoms with Crippen LogP contribution in [0.1, 0.15) is 78.3 Å². The molecule has 1 unspecified atom stereocenters. The second kappa shape index (κ2) is 21.2. The van der Waals surface area contributed by atoms with Crippen LogP contribution in [0.4, 0.5) is 26.3 Å². The minimum absolute atomic E-state index is 0.0771. The summed E-state index contributed by atoms with van der Waals surface area (Å²) < 4.78 is 70.7. The van der Waals surface area contributed by atoms with E-state index in [-0.39, 0.29) is 11.9 Å². The SMILES string of the molecule is C#CCC(=C)C(F)(F)F.CCC.CCC(CCC(=O)NCC/C(C)=C/CC(F)(F)F)NCc1ccccn1. The van der Waals surface area contributed by atoms with E-state index in [0.717, 1.165) is 12.1 Å². The van der Waals surface area contributed by atoms with Crippen LogP contribution in [0, 0.1) is 12.3 Å². The molecule has 38 heavy (non-hydrogen) atoms. The van der Waals surface area contributed by atoms with Crippen molar-refractivity contribution in [3.05, 3.63) is 53.9 Å². The van der Waals surface area contributed by atoms with Gasteiger partial charge in [0.05, 0.1) is 12.1 Å². The number of amides is 1. The molecule has 0 aliphatic rings. The first-order chi connectivity index (χ1) is 17.7. The van der Waals surface area contributed by atoms with Crippen molar-refractivity contribution in [1.82, 2.24) is 15.6 Å². The largest absolute Gasteiger partial charge is 0.413 e. The molecule has 0 radical (unpaired) electrons. The number of carbonyl (C=O) groups is 1. The Labute approximate surface area is 223 Å². The summed E-state index contributed by atoms with van der Waals surface area (Å²) in [7, 11) is 0. The lowest BCUT2D eigenvalue weighted by Gasteiger charge is -2.16. The summed E-state index contributed by atoms with van der Waals surface area (Å²) in [5.74, 6) is 1.78. The zero-order chi connectivity index (χ0) is 29.6. The van der Waals surface area contributed by atoms with Gasteiger partial charge < -0.3 is 10.6 Å². The molecule has 0 bridgehead atoms. The maximum Gasteiger partial charge on any atom is 0.413 e. The van der Waals surface area contributed by atoms with E-state index < -0.39 is 30.8 Å². The molecule has 0 spiro atoms. The third-order valence-corrected chi connectivity index (χ3v) is 4.75. The van der Waals surface area contributed by atoms with E-state index in [4.69, 9.17) is 0 Å². The van der Waals surface area contributed by atoms with Crippen LogP contribution in [0.3, 0.4) is 0 Å². The lowest BCUT2D eigenvalue weighted by atomic mass is 10.1. The number of hydrogen-bond acceptors (Lipinski definition) is 3. The van der Waals surface area contributed by atoms with E-state index in [0.29, 0.717) is 37.9 Å². The molecule has 216 valence electrons. The van der Waals surface area contributed by atoms with Crippen LogP contribution in [0.5, 0.6) is 0 Å². The Hall–Kier alpha value is -2.80. The van der Waals surface area contributed by atoms with Crippen LogP contribution in [0.2, 0.25) is 0 Å². The fraction of sp³-hybridized carbons (Fsp3) is 0.571. The predicted molar refractivity (Wildman–Crippen MR) is 141 cm³/mol. The number of allylic oxidation sites excluding steroid dienone is 2. The number of terminal acetylenes is 1. The summed E-state index contributed by atoms with van der Waals surface area (Å²) >= 11 is 0. The minimum atomic E-state index is -4.33. The third kappa shape index (κ3) is 23.6. The van der Waals surface area contributed by atoms with Gasteiger partial charge >= 0.3 is 12.4 Å². The van der Waals surface area contributed by atoms with Gasteiger partial charge in [-0.1, -0.05) is 51.5 Å². The third-order valence-electron chi connectivity index (χ3n) is 4.75. The van der Waals surface area contributed by atoms with Crippen molar-refractivity contribution in [2.75, 3.05) is 6.54 Å². The molecule has 1 atom stereocenters. The second-order valence-corrected chi connectivity index (χ2v) is 8.50. The lowest BCUT2D eigenvalue weighted by Crippen LogP contribution is -2.31. The monoisotopic (exact) mass is 549 g/mol. The normalized spacial score (nSPS) is 12.2. The molecule has 1 rings (SSSR count). The topological polar surface area (TPSA) is 54.0 Å². The molecule has 1 aromatic rings. The fourth-order valence-corrected chi connectivity index (χ4v) is 2.61. The highest BCUT2D eigenvalue weighted by atomic mass is 19.4. The molecule has 2 N–H and O–H groups in total. The van der Waals surface area contributed by atoms with Gasteiger partial charge in [-0.2, -0.15) is 26.3 Å². The Balaban J connectivity index is 0. The van der Waals surface area contributed by atoms with Crippen LogP contribution < -0.4 is 10.6 Å². The average Bonchev–Trinajstić information content (AvgIpc) is 2.83. The number of carbonyl (C=O) groups excluding carboxylic acids is 1. The van der Waals surface area contributed by atoms with Gasteiger partial charge in [0.25, 0.3) is 0 Å². The first-order valence-electron chi connectivity index (χ1n) is 12.5. The predicted octanol–water partition coefficient (Wildman–Crippen LogP) is 7.68. The van der Waals surface area contributed by atoms with Gasteiger partial charge in [-0.05, 0) is 38.3 Å². The number of rotatable bonds is 12. The van der Waals surface area contributed by atoms with Crippen LogP contribution in [0.25, 0.3) is 0 Å². The second-order valence-electron chi connectivity index (χ2n) is 8.50. The van der Waals surface area contributed by atoms with Gasteiger partial charge in [-0.3, -0.25) is 9.78 Å². The number of hydrogen-bond donors (Lipinski definition) is 2. The van der Waals surface area contributed by atoms with Crippen molar-refractivity contribution >= 4 is 5.91 Å². The molecule has 0 aliphatic heterocycles. The van der Waals surface area contributed by atoms with E-state index in [1.807, 2.05) is 24.1 Å². The van der Waals surface area contributed by atoms with Crippen molar-refractivity contribution in [3.63, 3.8) is 0 Å². The summed E-state index contributed by atoms with van der Waals surface area (Å²) in [6.45, 7) is 11.7. The zero-order valence-electron chi connectivity index (χ0n) is 22.7. The van der Waals surface area contributed by atoms with Crippen LogP contribution in [0.15, 0.2) is 48.2 Å². The first-order valence-corrected chi connectivity index (χ1v) is 12.5. The first kappa shape index (κ1) is 37.4. The Morgan fingerprint density at radius 3 is 2.24 bits per heavy atom. The number of halogens is 6. The number of aromatic nitrogens is 1. The number of alkyl halides is 6. The molecular weight excluding hydrogens is 508 g/mol. The quantitative estimate of drug-likeness (QED) is 0.160. The van der Waals surface area contributed by atoms with Gasteiger partial charge in [-0.15, -0.1) is 12.3 Å². The van der Waals surface area contributed by atoms with Crippen molar-refractivity contribution in [1.29, 1.82) is 0 Å². The van der Waals surface area contributed by atoms with Gasteiger partial charge in [0.15, 0.2) is 0 Å². The van der Waals surface area contributed by atoms with Crippen molar-refractivity contribution < 1.29 is 31.1 Å². The molecule has 1 aromatic heterocycles.